The zero-order valence-electron chi connectivity index (χ0n) is 18.7. The zero-order valence-corrected chi connectivity index (χ0v) is 18.7. The minimum atomic E-state index is -0.222. The third-order valence-electron chi connectivity index (χ3n) is 6.14. The van der Waals surface area contributed by atoms with E-state index in [0.717, 1.165) is 25.9 Å². The zero-order chi connectivity index (χ0) is 20.5. The summed E-state index contributed by atoms with van der Waals surface area (Å²) in [5.41, 5.74) is 1.05. The molecule has 1 saturated heterocycles. The highest BCUT2D eigenvalue weighted by atomic mass is 16.5. The molecular weight excluding hydrogens is 334 g/mol. The van der Waals surface area contributed by atoms with E-state index in [1.165, 1.54) is 5.56 Å². The molecule has 0 aromatic heterocycles. The van der Waals surface area contributed by atoms with Gasteiger partial charge in [-0.1, -0.05) is 58.0 Å². The third-order valence-corrected chi connectivity index (χ3v) is 6.14. The number of ether oxygens (including phenoxy) is 1. The fourth-order valence-corrected chi connectivity index (χ4v) is 5.24. The van der Waals surface area contributed by atoms with Gasteiger partial charge in [-0.15, -0.1) is 0 Å². The Morgan fingerprint density at radius 2 is 1.59 bits per heavy atom. The fraction of sp³-hybridized carbons (Fsp3) is 0.750. The van der Waals surface area contributed by atoms with Crippen LogP contribution in [0.15, 0.2) is 30.3 Å². The highest BCUT2D eigenvalue weighted by molar-refractivity contribution is 5.23. The van der Waals surface area contributed by atoms with Gasteiger partial charge in [0.2, 0.25) is 0 Å². The minimum Gasteiger partial charge on any atom is -0.377 e. The van der Waals surface area contributed by atoms with Gasteiger partial charge in [-0.05, 0) is 63.9 Å². The van der Waals surface area contributed by atoms with Gasteiger partial charge in [-0.3, -0.25) is 0 Å². The molecule has 1 aromatic rings. The van der Waals surface area contributed by atoms with Crippen molar-refractivity contribution in [2.24, 2.45) is 11.3 Å². The van der Waals surface area contributed by atoms with Crippen LogP contribution in [-0.4, -0.2) is 34.1 Å². The molecule has 3 heteroatoms. The molecule has 1 aliphatic rings. The average Bonchev–Trinajstić information content (AvgIpc) is 2.55. The Hall–Kier alpha value is -0.900. The van der Waals surface area contributed by atoms with E-state index in [1.807, 2.05) is 0 Å². The normalized spacial score (nSPS) is 23.1. The topological polar surface area (TPSA) is 32.7 Å². The van der Waals surface area contributed by atoms with Gasteiger partial charge in [0.05, 0.1) is 6.10 Å². The van der Waals surface area contributed by atoms with Crippen molar-refractivity contribution in [1.29, 1.82) is 0 Å². The summed E-state index contributed by atoms with van der Waals surface area (Å²) < 4.78 is 6.60. The molecule has 1 aromatic carbocycles. The van der Waals surface area contributed by atoms with E-state index in [4.69, 9.17) is 4.74 Å². The molecule has 0 amide bonds. The molecule has 1 heterocycles. The van der Waals surface area contributed by atoms with Crippen molar-refractivity contribution in [2.75, 3.05) is 6.61 Å². The van der Waals surface area contributed by atoms with Crippen molar-refractivity contribution < 1.29 is 9.94 Å². The van der Waals surface area contributed by atoms with E-state index in [9.17, 15) is 5.21 Å². The van der Waals surface area contributed by atoms with Crippen LogP contribution in [0.25, 0.3) is 0 Å². The molecule has 2 rings (SSSR count). The van der Waals surface area contributed by atoms with Gasteiger partial charge >= 0.3 is 0 Å². The molecule has 1 aliphatic heterocycles. The molecule has 1 fully saturated rings. The summed E-state index contributed by atoms with van der Waals surface area (Å²) in [6, 6.07) is 10.8. The number of hydrogen-bond donors (Lipinski definition) is 1. The molecule has 154 valence electrons. The highest BCUT2D eigenvalue weighted by Gasteiger charge is 2.45. The second kappa shape index (κ2) is 8.23. The lowest BCUT2D eigenvalue weighted by molar-refractivity contribution is -0.254. The van der Waals surface area contributed by atoms with Crippen LogP contribution in [0.5, 0.6) is 0 Å². The van der Waals surface area contributed by atoms with E-state index >= 15 is 0 Å². The van der Waals surface area contributed by atoms with Crippen LogP contribution in [0.3, 0.4) is 0 Å². The predicted octanol–water partition coefficient (Wildman–Crippen LogP) is 6.27. The van der Waals surface area contributed by atoms with Crippen molar-refractivity contribution in [3.05, 3.63) is 35.9 Å². The smallest absolute Gasteiger partial charge is 0.0646 e. The van der Waals surface area contributed by atoms with Crippen molar-refractivity contribution in [1.82, 2.24) is 5.06 Å². The van der Waals surface area contributed by atoms with Crippen LogP contribution in [0.2, 0.25) is 0 Å². The van der Waals surface area contributed by atoms with Crippen LogP contribution in [0.4, 0.5) is 0 Å². The van der Waals surface area contributed by atoms with Crippen LogP contribution in [0.1, 0.15) is 86.1 Å². The molecule has 0 aliphatic carbocycles. The molecule has 0 spiro atoms. The van der Waals surface area contributed by atoms with Crippen LogP contribution < -0.4 is 0 Å². The lowest BCUT2D eigenvalue weighted by Crippen LogP contribution is -2.59. The first kappa shape index (κ1) is 22.4. The van der Waals surface area contributed by atoms with E-state index < -0.39 is 0 Å². The summed E-state index contributed by atoms with van der Waals surface area (Å²) in [6.07, 6.45) is 3.11. The molecule has 1 N–H and O–H groups in total. The molecule has 2 atom stereocenters. The third kappa shape index (κ3) is 5.34. The second-order valence-electron chi connectivity index (χ2n) is 10.7. The first-order valence-corrected chi connectivity index (χ1v) is 10.5. The van der Waals surface area contributed by atoms with Crippen molar-refractivity contribution in [2.45, 2.75) is 97.8 Å². The van der Waals surface area contributed by atoms with Crippen LogP contribution in [0, 0.1) is 11.3 Å². The maximum Gasteiger partial charge on any atom is 0.0646 e. The van der Waals surface area contributed by atoms with Gasteiger partial charge in [-0.2, -0.15) is 5.06 Å². The Morgan fingerprint density at radius 3 is 2.04 bits per heavy atom. The summed E-state index contributed by atoms with van der Waals surface area (Å²) in [4.78, 5) is 0. The largest absolute Gasteiger partial charge is 0.377 e. The highest BCUT2D eigenvalue weighted by Crippen LogP contribution is 2.43. The van der Waals surface area contributed by atoms with E-state index in [2.05, 4.69) is 85.7 Å². The number of piperidine rings is 1. The van der Waals surface area contributed by atoms with Gasteiger partial charge < -0.3 is 9.94 Å². The summed E-state index contributed by atoms with van der Waals surface area (Å²) >= 11 is 0. The summed E-state index contributed by atoms with van der Waals surface area (Å²) in [5.74, 6) is 0.825. The number of rotatable bonds is 6. The number of benzene rings is 1. The monoisotopic (exact) mass is 375 g/mol. The molecule has 27 heavy (non-hydrogen) atoms. The Labute approximate surface area is 167 Å². The second-order valence-corrected chi connectivity index (χ2v) is 10.7. The number of hydroxylamine groups is 2. The van der Waals surface area contributed by atoms with Gasteiger partial charge in [0.15, 0.2) is 0 Å². The van der Waals surface area contributed by atoms with Gasteiger partial charge in [-0.25, -0.2) is 0 Å². The maximum atomic E-state index is 10.5. The van der Waals surface area contributed by atoms with E-state index in [0.29, 0.717) is 11.8 Å². The summed E-state index contributed by atoms with van der Waals surface area (Å²) in [6.45, 7) is 18.4. The van der Waals surface area contributed by atoms with Crippen molar-refractivity contribution in [3.63, 3.8) is 0 Å². The van der Waals surface area contributed by atoms with E-state index in [1.54, 1.807) is 5.06 Å². The standard InChI is InChI=1S/C24H41NO2/c1-9-20(21(22(2,3)4)19-13-11-10-12-14-19)27-17-18-15-23(5,6)25(26)24(7,8)16-18/h10-14,18,20-21,26H,9,15-17H2,1-8H3. The Bertz CT molecular complexity index is 570. The SMILES string of the molecule is CCC(OCC1CC(C)(C)N(O)C(C)(C)C1)C(c1ccccc1)C(C)(C)C. The minimum absolute atomic E-state index is 0.134. The maximum absolute atomic E-state index is 10.5. The van der Waals surface area contributed by atoms with Gasteiger partial charge in [0, 0.05) is 23.6 Å². The van der Waals surface area contributed by atoms with Gasteiger partial charge in [0.25, 0.3) is 0 Å². The molecule has 0 saturated carbocycles. The summed E-state index contributed by atoms with van der Waals surface area (Å²) in [7, 11) is 0. The Kier molecular flexibility index (Phi) is 6.82. The summed E-state index contributed by atoms with van der Waals surface area (Å²) in [5, 5.41) is 12.1. The molecule has 3 nitrogen and oxygen atoms in total. The molecule has 2 unspecified atom stereocenters. The Balaban J connectivity index is 2.14. The average molecular weight is 376 g/mol. The predicted molar refractivity (Wildman–Crippen MR) is 113 cm³/mol. The van der Waals surface area contributed by atoms with E-state index in [-0.39, 0.29) is 22.6 Å². The fourth-order valence-electron chi connectivity index (χ4n) is 5.24. The van der Waals surface area contributed by atoms with Crippen molar-refractivity contribution >= 4 is 0 Å². The number of hydrogen-bond acceptors (Lipinski definition) is 3. The quantitative estimate of drug-likeness (QED) is 0.636. The lowest BCUT2D eigenvalue weighted by atomic mass is 9.72. The van der Waals surface area contributed by atoms with Crippen LogP contribution >= 0.6 is 0 Å². The first-order valence-electron chi connectivity index (χ1n) is 10.5. The van der Waals surface area contributed by atoms with Gasteiger partial charge in [0.1, 0.15) is 0 Å². The lowest BCUT2D eigenvalue weighted by Gasteiger charge is -2.51. The molecule has 0 radical (unpaired) electrons. The van der Waals surface area contributed by atoms with Crippen molar-refractivity contribution in [3.8, 4) is 0 Å². The molecular formula is C24H41NO2. The van der Waals surface area contributed by atoms with Crippen LogP contribution in [-0.2, 0) is 4.74 Å². The molecule has 0 bridgehead atoms. The first-order chi connectivity index (χ1) is 12.4. The number of nitrogens with zero attached hydrogens (tertiary/aromatic N) is 1. The Morgan fingerprint density at radius 1 is 1.07 bits per heavy atom.